The second-order valence-corrected chi connectivity index (χ2v) is 6.24. The number of piperazine rings is 1. The highest BCUT2D eigenvalue weighted by atomic mass is 16.2. The molecule has 1 aliphatic carbocycles. The number of benzene rings is 1. The highest BCUT2D eigenvalue weighted by Gasteiger charge is 2.25. The molecule has 1 aliphatic heterocycles. The van der Waals surface area contributed by atoms with Crippen molar-refractivity contribution in [1.29, 1.82) is 0 Å². The molecule has 2 aliphatic rings. The van der Waals surface area contributed by atoms with Gasteiger partial charge < -0.3 is 15.1 Å². The Hall–Kier alpha value is -1.55. The van der Waals surface area contributed by atoms with Crippen molar-refractivity contribution in [2.45, 2.75) is 32.7 Å². The lowest BCUT2D eigenvalue weighted by Gasteiger charge is -2.37. The van der Waals surface area contributed by atoms with Gasteiger partial charge in [0.25, 0.3) is 0 Å². The molecular formula is C17H25N3O. The number of carbonyl (C=O) groups excluding carboxylic acids is 1. The SMILES string of the molecule is Cc1cccc(N2CCN(C(=O)CNC3CC3)CC2)c1C. The van der Waals surface area contributed by atoms with Crippen LogP contribution in [-0.4, -0.2) is 49.6 Å². The normalized spacial score (nSPS) is 19.0. The third-order valence-electron chi connectivity index (χ3n) is 4.67. The van der Waals surface area contributed by atoms with Gasteiger partial charge in [0.2, 0.25) is 5.91 Å². The van der Waals surface area contributed by atoms with Gasteiger partial charge in [-0.25, -0.2) is 0 Å². The molecule has 1 saturated carbocycles. The number of nitrogens with zero attached hydrogens (tertiary/aromatic N) is 2. The topological polar surface area (TPSA) is 35.6 Å². The zero-order chi connectivity index (χ0) is 14.8. The zero-order valence-electron chi connectivity index (χ0n) is 13.1. The molecule has 4 nitrogen and oxygen atoms in total. The Morgan fingerprint density at radius 2 is 1.90 bits per heavy atom. The number of rotatable bonds is 4. The van der Waals surface area contributed by atoms with Crippen molar-refractivity contribution in [3.63, 3.8) is 0 Å². The predicted octanol–water partition coefficient (Wildman–Crippen LogP) is 1.70. The molecule has 114 valence electrons. The van der Waals surface area contributed by atoms with Crippen LogP contribution in [-0.2, 0) is 4.79 Å². The van der Waals surface area contributed by atoms with E-state index in [9.17, 15) is 4.79 Å². The molecule has 1 aromatic rings. The van der Waals surface area contributed by atoms with Crippen LogP contribution in [0.3, 0.4) is 0 Å². The van der Waals surface area contributed by atoms with Gasteiger partial charge in [-0.1, -0.05) is 12.1 Å². The molecule has 2 fully saturated rings. The number of anilines is 1. The van der Waals surface area contributed by atoms with Crippen molar-refractivity contribution in [2.24, 2.45) is 0 Å². The number of hydrogen-bond donors (Lipinski definition) is 1. The van der Waals surface area contributed by atoms with E-state index in [1.54, 1.807) is 0 Å². The first kappa shape index (κ1) is 14.4. The summed E-state index contributed by atoms with van der Waals surface area (Å²) in [6.45, 7) is 8.37. The van der Waals surface area contributed by atoms with E-state index in [0.717, 1.165) is 26.2 Å². The van der Waals surface area contributed by atoms with Crippen molar-refractivity contribution in [1.82, 2.24) is 10.2 Å². The van der Waals surface area contributed by atoms with Crippen LogP contribution in [0, 0.1) is 13.8 Å². The number of amides is 1. The highest BCUT2D eigenvalue weighted by molar-refractivity contribution is 5.78. The van der Waals surface area contributed by atoms with E-state index in [1.807, 2.05) is 4.90 Å². The first-order valence-electron chi connectivity index (χ1n) is 7.97. The molecule has 4 heteroatoms. The quantitative estimate of drug-likeness (QED) is 0.915. The van der Waals surface area contributed by atoms with E-state index in [2.05, 4.69) is 42.3 Å². The summed E-state index contributed by atoms with van der Waals surface area (Å²) in [5, 5.41) is 3.31. The van der Waals surface area contributed by atoms with Gasteiger partial charge in [-0.2, -0.15) is 0 Å². The lowest BCUT2D eigenvalue weighted by molar-refractivity contribution is -0.130. The zero-order valence-corrected chi connectivity index (χ0v) is 13.1. The number of nitrogens with one attached hydrogen (secondary N) is 1. The fourth-order valence-corrected chi connectivity index (χ4v) is 2.91. The average molecular weight is 287 g/mol. The molecule has 0 spiro atoms. The molecule has 1 saturated heterocycles. The maximum atomic E-state index is 12.1. The highest BCUT2D eigenvalue weighted by Crippen LogP contribution is 2.24. The summed E-state index contributed by atoms with van der Waals surface area (Å²) >= 11 is 0. The van der Waals surface area contributed by atoms with Gasteiger partial charge in [0, 0.05) is 37.9 Å². The van der Waals surface area contributed by atoms with Crippen LogP contribution in [0.25, 0.3) is 0 Å². The lowest BCUT2D eigenvalue weighted by atomic mass is 10.1. The second kappa shape index (κ2) is 6.06. The molecule has 0 aromatic heterocycles. The molecule has 0 atom stereocenters. The maximum absolute atomic E-state index is 12.1. The summed E-state index contributed by atoms with van der Waals surface area (Å²) in [6, 6.07) is 7.07. The molecular weight excluding hydrogens is 262 g/mol. The lowest BCUT2D eigenvalue weighted by Crippen LogP contribution is -2.51. The molecule has 0 bridgehead atoms. The molecule has 3 rings (SSSR count). The van der Waals surface area contributed by atoms with Gasteiger partial charge in [-0.15, -0.1) is 0 Å². The molecule has 1 amide bonds. The van der Waals surface area contributed by atoms with E-state index in [-0.39, 0.29) is 5.91 Å². The molecule has 1 N–H and O–H groups in total. The van der Waals surface area contributed by atoms with Crippen molar-refractivity contribution < 1.29 is 4.79 Å². The smallest absolute Gasteiger partial charge is 0.236 e. The summed E-state index contributed by atoms with van der Waals surface area (Å²) in [5.74, 6) is 0.252. The van der Waals surface area contributed by atoms with Crippen molar-refractivity contribution in [2.75, 3.05) is 37.6 Å². The van der Waals surface area contributed by atoms with E-state index in [0.29, 0.717) is 12.6 Å². The Balaban J connectivity index is 1.54. The summed E-state index contributed by atoms with van der Waals surface area (Å²) in [6.07, 6.45) is 2.46. The van der Waals surface area contributed by atoms with Crippen LogP contribution in [0.15, 0.2) is 18.2 Å². The summed E-state index contributed by atoms with van der Waals surface area (Å²) in [4.78, 5) is 16.5. The Morgan fingerprint density at radius 3 is 2.57 bits per heavy atom. The molecule has 0 radical (unpaired) electrons. The molecule has 1 aromatic carbocycles. The van der Waals surface area contributed by atoms with Crippen LogP contribution < -0.4 is 10.2 Å². The minimum atomic E-state index is 0.252. The van der Waals surface area contributed by atoms with Crippen molar-refractivity contribution in [3.8, 4) is 0 Å². The van der Waals surface area contributed by atoms with Gasteiger partial charge in [-0.05, 0) is 43.9 Å². The molecule has 21 heavy (non-hydrogen) atoms. The summed E-state index contributed by atoms with van der Waals surface area (Å²) in [5.41, 5.74) is 4.01. The van der Waals surface area contributed by atoms with Gasteiger partial charge in [0.05, 0.1) is 6.54 Å². The van der Waals surface area contributed by atoms with Gasteiger partial charge >= 0.3 is 0 Å². The third kappa shape index (κ3) is 3.38. The average Bonchev–Trinajstić information content (AvgIpc) is 3.32. The van der Waals surface area contributed by atoms with Crippen LogP contribution in [0.1, 0.15) is 24.0 Å². The van der Waals surface area contributed by atoms with E-state index in [1.165, 1.54) is 29.7 Å². The van der Waals surface area contributed by atoms with Gasteiger partial charge in [0.15, 0.2) is 0 Å². The minimum absolute atomic E-state index is 0.252. The van der Waals surface area contributed by atoms with Crippen LogP contribution >= 0.6 is 0 Å². The summed E-state index contributed by atoms with van der Waals surface area (Å²) < 4.78 is 0. The minimum Gasteiger partial charge on any atom is -0.368 e. The Kier molecular flexibility index (Phi) is 4.15. The standard InChI is InChI=1S/C17H25N3O/c1-13-4-3-5-16(14(13)2)19-8-10-20(11-9-19)17(21)12-18-15-6-7-15/h3-5,15,18H,6-12H2,1-2H3. The Morgan fingerprint density at radius 1 is 1.19 bits per heavy atom. The molecule has 1 heterocycles. The van der Waals surface area contributed by atoms with E-state index >= 15 is 0 Å². The van der Waals surface area contributed by atoms with Gasteiger partial charge in [0.1, 0.15) is 0 Å². The second-order valence-electron chi connectivity index (χ2n) is 6.24. The Labute approximate surface area is 127 Å². The van der Waals surface area contributed by atoms with Crippen LogP contribution in [0.4, 0.5) is 5.69 Å². The van der Waals surface area contributed by atoms with Crippen molar-refractivity contribution >= 4 is 11.6 Å². The fourth-order valence-electron chi connectivity index (χ4n) is 2.91. The first-order valence-corrected chi connectivity index (χ1v) is 7.97. The first-order chi connectivity index (χ1) is 10.1. The van der Waals surface area contributed by atoms with Crippen LogP contribution in [0.2, 0.25) is 0 Å². The van der Waals surface area contributed by atoms with Crippen LogP contribution in [0.5, 0.6) is 0 Å². The van der Waals surface area contributed by atoms with Crippen molar-refractivity contribution in [3.05, 3.63) is 29.3 Å². The van der Waals surface area contributed by atoms with Gasteiger partial charge in [-0.3, -0.25) is 4.79 Å². The third-order valence-corrected chi connectivity index (χ3v) is 4.67. The maximum Gasteiger partial charge on any atom is 0.236 e. The molecule has 0 unspecified atom stereocenters. The number of hydrogen-bond acceptors (Lipinski definition) is 3. The predicted molar refractivity (Wildman–Crippen MR) is 85.7 cm³/mol. The monoisotopic (exact) mass is 287 g/mol. The largest absolute Gasteiger partial charge is 0.368 e. The van der Waals surface area contributed by atoms with E-state index in [4.69, 9.17) is 0 Å². The number of carbonyl (C=O) groups is 1. The Bertz CT molecular complexity index is 517. The fraction of sp³-hybridized carbons (Fsp3) is 0.588. The van der Waals surface area contributed by atoms with E-state index < -0.39 is 0 Å². The number of aryl methyl sites for hydroxylation is 1. The summed E-state index contributed by atoms with van der Waals surface area (Å²) in [7, 11) is 0.